The van der Waals surface area contributed by atoms with Gasteiger partial charge in [-0.3, -0.25) is 0 Å². The molecule has 0 nitrogen and oxygen atoms in total. The second-order valence-corrected chi connectivity index (χ2v) is 5.43. The van der Waals surface area contributed by atoms with E-state index >= 15 is 0 Å². The first-order valence-electron chi connectivity index (χ1n) is 5.07. The highest BCUT2D eigenvalue weighted by Crippen LogP contribution is 2.39. The number of aryl methyl sites for hydroxylation is 1. The van der Waals surface area contributed by atoms with Gasteiger partial charge in [-0.25, -0.2) is 4.39 Å². The van der Waals surface area contributed by atoms with Crippen molar-refractivity contribution in [3.63, 3.8) is 0 Å². The second-order valence-electron chi connectivity index (χ2n) is 4.13. The zero-order valence-corrected chi connectivity index (χ0v) is 9.85. The summed E-state index contributed by atoms with van der Waals surface area (Å²) >= 11 is 3.60. The van der Waals surface area contributed by atoms with Crippen molar-refractivity contribution in [2.24, 2.45) is 0 Å². The van der Waals surface area contributed by atoms with E-state index < -0.39 is 0 Å². The Morgan fingerprint density at radius 1 is 1.36 bits per heavy atom. The van der Waals surface area contributed by atoms with E-state index in [1.807, 2.05) is 19.1 Å². The van der Waals surface area contributed by atoms with E-state index in [9.17, 15) is 4.39 Å². The lowest BCUT2D eigenvalue weighted by atomic mass is 9.96. The molecule has 1 fully saturated rings. The summed E-state index contributed by atoms with van der Waals surface area (Å²) in [4.78, 5) is 0.576. The maximum Gasteiger partial charge on any atom is 0.126 e. The predicted molar refractivity (Wildman–Crippen MR) is 60.4 cm³/mol. The van der Waals surface area contributed by atoms with Crippen molar-refractivity contribution >= 4 is 15.9 Å². The average molecular weight is 257 g/mol. The van der Waals surface area contributed by atoms with Gasteiger partial charge in [0, 0.05) is 4.83 Å². The van der Waals surface area contributed by atoms with Crippen molar-refractivity contribution in [3.8, 4) is 0 Å². The summed E-state index contributed by atoms with van der Waals surface area (Å²) in [6.07, 6.45) is 3.34. The quantitative estimate of drug-likeness (QED) is 0.662. The van der Waals surface area contributed by atoms with E-state index in [4.69, 9.17) is 0 Å². The maximum absolute atomic E-state index is 13.5. The molecule has 14 heavy (non-hydrogen) atoms. The molecule has 0 spiro atoms. The van der Waals surface area contributed by atoms with Crippen LogP contribution >= 0.6 is 15.9 Å². The molecule has 2 atom stereocenters. The molecule has 0 bridgehead atoms. The fraction of sp³-hybridized carbons (Fsp3) is 0.500. The zero-order chi connectivity index (χ0) is 10.1. The smallest absolute Gasteiger partial charge is 0.126 e. The van der Waals surface area contributed by atoms with Crippen LogP contribution in [-0.2, 0) is 0 Å². The summed E-state index contributed by atoms with van der Waals surface area (Å²) in [6, 6.07) is 5.41. The third-order valence-corrected chi connectivity index (χ3v) is 3.79. The minimum atomic E-state index is -0.0396. The van der Waals surface area contributed by atoms with Gasteiger partial charge in [0.25, 0.3) is 0 Å². The molecule has 2 heteroatoms. The molecule has 1 aliphatic rings. The van der Waals surface area contributed by atoms with E-state index in [0.717, 1.165) is 30.4 Å². The first-order chi connectivity index (χ1) is 6.66. The third-order valence-electron chi connectivity index (χ3n) is 2.96. The molecular weight excluding hydrogens is 243 g/mol. The summed E-state index contributed by atoms with van der Waals surface area (Å²) in [5.41, 5.74) is 2.06. The molecule has 0 heterocycles. The molecule has 0 saturated heterocycles. The molecular formula is C12H14BrF. The van der Waals surface area contributed by atoms with Gasteiger partial charge in [-0.05, 0) is 43.7 Å². The number of rotatable bonds is 1. The first kappa shape index (κ1) is 10.2. The Kier molecular flexibility index (Phi) is 2.91. The van der Waals surface area contributed by atoms with Crippen molar-refractivity contribution in [2.75, 3.05) is 0 Å². The van der Waals surface area contributed by atoms with Gasteiger partial charge < -0.3 is 0 Å². The lowest BCUT2D eigenvalue weighted by Gasteiger charge is -2.11. The molecule has 0 N–H and O–H groups in total. The number of benzene rings is 1. The van der Waals surface area contributed by atoms with Crippen molar-refractivity contribution in [3.05, 3.63) is 35.1 Å². The molecule has 2 rings (SSSR count). The molecule has 0 amide bonds. The van der Waals surface area contributed by atoms with E-state index in [-0.39, 0.29) is 5.82 Å². The van der Waals surface area contributed by atoms with Crippen LogP contribution in [0.5, 0.6) is 0 Å². The van der Waals surface area contributed by atoms with E-state index in [1.54, 1.807) is 6.07 Å². The summed E-state index contributed by atoms with van der Waals surface area (Å²) in [6.45, 7) is 2.02. The largest absolute Gasteiger partial charge is 0.207 e. The number of alkyl halides is 1. The van der Waals surface area contributed by atoms with Crippen LogP contribution in [0.25, 0.3) is 0 Å². The Hall–Kier alpha value is -0.370. The Labute approximate surface area is 92.6 Å². The van der Waals surface area contributed by atoms with Crippen LogP contribution in [0, 0.1) is 12.7 Å². The Morgan fingerprint density at radius 3 is 2.79 bits per heavy atom. The summed E-state index contributed by atoms with van der Waals surface area (Å²) in [5, 5.41) is 0. The lowest BCUT2D eigenvalue weighted by molar-refractivity contribution is 0.580. The molecule has 0 aliphatic heterocycles. The van der Waals surface area contributed by atoms with Gasteiger partial charge in [0.05, 0.1) is 0 Å². The van der Waals surface area contributed by atoms with Crippen LogP contribution in [0.4, 0.5) is 4.39 Å². The molecule has 1 saturated carbocycles. The highest BCUT2D eigenvalue weighted by molar-refractivity contribution is 9.09. The number of halogens is 2. The molecule has 0 aromatic heterocycles. The Balaban J connectivity index is 2.27. The summed E-state index contributed by atoms with van der Waals surface area (Å²) in [5.74, 6) is 0.376. The highest BCUT2D eigenvalue weighted by Gasteiger charge is 2.25. The van der Waals surface area contributed by atoms with E-state index in [0.29, 0.717) is 10.7 Å². The van der Waals surface area contributed by atoms with Crippen LogP contribution in [0.1, 0.15) is 36.3 Å². The molecule has 0 radical (unpaired) electrons. The van der Waals surface area contributed by atoms with Crippen molar-refractivity contribution < 1.29 is 4.39 Å². The Bertz CT molecular complexity index is 335. The van der Waals surface area contributed by atoms with Crippen LogP contribution < -0.4 is 0 Å². The molecule has 76 valence electrons. The van der Waals surface area contributed by atoms with Gasteiger partial charge in [0.1, 0.15) is 5.82 Å². The monoisotopic (exact) mass is 256 g/mol. The minimum Gasteiger partial charge on any atom is -0.207 e. The van der Waals surface area contributed by atoms with E-state index in [2.05, 4.69) is 15.9 Å². The van der Waals surface area contributed by atoms with Crippen molar-refractivity contribution in [1.82, 2.24) is 0 Å². The SMILES string of the molecule is Cc1ccc(F)c(C2CCC(Br)C2)c1. The van der Waals surface area contributed by atoms with Gasteiger partial charge in [-0.1, -0.05) is 33.6 Å². The maximum atomic E-state index is 13.5. The van der Waals surface area contributed by atoms with Gasteiger partial charge >= 0.3 is 0 Å². The van der Waals surface area contributed by atoms with Crippen LogP contribution in [0.15, 0.2) is 18.2 Å². The molecule has 1 aromatic rings. The zero-order valence-electron chi connectivity index (χ0n) is 8.26. The van der Waals surface area contributed by atoms with Gasteiger partial charge in [0.2, 0.25) is 0 Å². The molecule has 1 aliphatic carbocycles. The first-order valence-corrected chi connectivity index (χ1v) is 5.98. The third kappa shape index (κ3) is 2.00. The topological polar surface area (TPSA) is 0 Å². The fourth-order valence-corrected chi connectivity index (χ4v) is 2.90. The number of hydrogen-bond donors (Lipinski definition) is 0. The normalized spacial score (nSPS) is 26.8. The fourth-order valence-electron chi connectivity index (χ4n) is 2.18. The Morgan fingerprint density at radius 2 is 2.14 bits per heavy atom. The summed E-state index contributed by atoms with van der Waals surface area (Å²) in [7, 11) is 0. The van der Waals surface area contributed by atoms with Gasteiger partial charge in [-0.2, -0.15) is 0 Å². The van der Waals surface area contributed by atoms with Gasteiger partial charge in [-0.15, -0.1) is 0 Å². The van der Waals surface area contributed by atoms with Crippen molar-refractivity contribution in [2.45, 2.75) is 36.9 Å². The molecule has 1 aromatic carbocycles. The lowest BCUT2D eigenvalue weighted by Crippen LogP contribution is -1.98. The standard InChI is InChI=1S/C12H14BrF/c1-8-2-5-12(14)11(6-8)9-3-4-10(13)7-9/h2,5-6,9-10H,3-4,7H2,1H3. The minimum absolute atomic E-state index is 0.0396. The van der Waals surface area contributed by atoms with Gasteiger partial charge in [0.15, 0.2) is 0 Å². The van der Waals surface area contributed by atoms with Crippen molar-refractivity contribution in [1.29, 1.82) is 0 Å². The highest BCUT2D eigenvalue weighted by atomic mass is 79.9. The van der Waals surface area contributed by atoms with Crippen LogP contribution in [0.3, 0.4) is 0 Å². The average Bonchev–Trinajstić information content (AvgIpc) is 2.56. The molecule has 2 unspecified atom stereocenters. The van der Waals surface area contributed by atoms with Crippen LogP contribution in [-0.4, -0.2) is 4.83 Å². The second kappa shape index (κ2) is 4.01. The van der Waals surface area contributed by atoms with E-state index in [1.165, 1.54) is 0 Å². The summed E-state index contributed by atoms with van der Waals surface area (Å²) < 4.78 is 13.5. The van der Waals surface area contributed by atoms with Crippen LogP contribution in [0.2, 0.25) is 0 Å². The number of hydrogen-bond acceptors (Lipinski definition) is 0. The predicted octanol–water partition coefficient (Wildman–Crippen LogP) is 4.17.